The summed E-state index contributed by atoms with van der Waals surface area (Å²) in [5, 5.41) is 0. The lowest BCUT2D eigenvalue weighted by Crippen LogP contribution is -1.80. The van der Waals surface area contributed by atoms with Gasteiger partial charge in [0.2, 0.25) is 5.89 Å². The average Bonchev–Trinajstić information content (AvgIpc) is 2.80. The van der Waals surface area contributed by atoms with Gasteiger partial charge >= 0.3 is 0 Å². The molecule has 0 fully saturated rings. The molecule has 0 atom stereocenters. The number of aryl methyl sites for hydroxylation is 2. The minimum absolute atomic E-state index is 0.689. The lowest BCUT2D eigenvalue weighted by Gasteiger charge is -2.02. The first kappa shape index (κ1) is 11.7. The molecule has 2 nitrogen and oxygen atoms in total. The Morgan fingerprint density at radius 1 is 0.737 bits per heavy atom. The highest BCUT2D eigenvalue weighted by atomic mass is 16.4. The van der Waals surface area contributed by atoms with Crippen LogP contribution in [0.1, 0.15) is 11.5 Å². The number of nitrogens with zero attached hydrogens (tertiary/aromatic N) is 1. The number of hydrogen-bond donors (Lipinski definition) is 0. The maximum Gasteiger partial charge on any atom is 0.226 e. The normalized spacial score (nSPS) is 10.6. The van der Waals surface area contributed by atoms with Crippen LogP contribution >= 0.6 is 0 Å². The SMILES string of the molecule is Cc1nc(-c2ccc(-c3ccccc3)cc2)oc1C. The molecule has 0 radical (unpaired) electrons. The van der Waals surface area contributed by atoms with E-state index in [2.05, 4.69) is 29.2 Å². The third kappa shape index (κ3) is 2.29. The van der Waals surface area contributed by atoms with Crippen LogP contribution in [-0.4, -0.2) is 4.98 Å². The number of hydrogen-bond acceptors (Lipinski definition) is 2. The summed E-state index contributed by atoms with van der Waals surface area (Å²) < 4.78 is 5.63. The van der Waals surface area contributed by atoms with E-state index in [1.165, 1.54) is 11.1 Å². The predicted octanol–water partition coefficient (Wildman–Crippen LogP) is 4.63. The molecule has 94 valence electrons. The van der Waals surface area contributed by atoms with Gasteiger partial charge in [-0.25, -0.2) is 4.98 Å². The molecule has 0 aliphatic carbocycles. The molecule has 0 aliphatic heterocycles. The summed E-state index contributed by atoms with van der Waals surface area (Å²) in [4.78, 5) is 4.42. The maximum absolute atomic E-state index is 5.63. The Morgan fingerprint density at radius 3 is 1.89 bits per heavy atom. The molecule has 0 spiro atoms. The molecule has 0 N–H and O–H groups in total. The van der Waals surface area contributed by atoms with E-state index in [4.69, 9.17) is 4.42 Å². The molecule has 0 unspecified atom stereocenters. The molecule has 0 bridgehead atoms. The molecule has 2 heteroatoms. The minimum Gasteiger partial charge on any atom is -0.441 e. The third-order valence-corrected chi connectivity index (χ3v) is 3.27. The highest BCUT2D eigenvalue weighted by molar-refractivity contribution is 5.67. The van der Waals surface area contributed by atoms with Crippen molar-refractivity contribution in [3.05, 3.63) is 66.1 Å². The summed E-state index contributed by atoms with van der Waals surface area (Å²) in [5.74, 6) is 1.57. The summed E-state index contributed by atoms with van der Waals surface area (Å²) in [5.41, 5.74) is 4.37. The second-order valence-corrected chi connectivity index (χ2v) is 4.60. The Hall–Kier alpha value is -2.35. The number of oxazole rings is 1. The molecule has 0 aliphatic rings. The quantitative estimate of drug-likeness (QED) is 0.662. The van der Waals surface area contributed by atoms with Gasteiger partial charge in [-0.05, 0) is 37.1 Å². The third-order valence-electron chi connectivity index (χ3n) is 3.27. The van der Waals surface area contributed by atoms with Crippen LogP contribution < -0.4 is 0 Å². The van der Waals surface area contributed by atoms with Crippen molar-refractivity contribution in [3.63, 3.8) is 0 Å². The zero-order valence-corrected chi connectivity index (χ0v) is 11.1. The number of aromatic nitrogens is 1. The summed E-state index contributed by atoms with van der Waals surface area (Å²) in [6.45, 7) is 3.89. The van der Waals surface area contributed by atoms with E-state index in [1.807, 2.05) is 44.2 Å². The van der Waals surface area contributed by atoms with Crippen molar-refractivity contribution >= 4 is 0 Å². The average molecular weight is 249 g/mol. The first-order valence-electron chi connectivity index (χ1n) is 6.34. The fraction of sp³-hybridized carbons (Fsp3) is 0.118. The van der Waals surface area contributed by atoms with Gasteiger partial charge in [-0.1, -0.05) is 42.5 Å². The number of rotatable bonds is 2. The van der Waals surface area contributed by atoms with Gasteiger partial charge in [0.1, 0.15) is 5.76 Å². The molecule has 0 amide bonds. The molecular weight excluding hydrogens is 234 g/mol. The molecule has 3 aromatic rings. The van der Waals surface area contributed by atoms with Gasteiger partial charge in [-0.3, -0.25) is 0 Å². The van der Waals surface area contributed by atoms with Crippen LogP contribution in [0.5, 0.6) is 0 Å². The summed E-state index contributed by atoms with van der Waals surface area (Å²) in [6, 6.07) is 18.6. The Balaban J connectivity index is 1.95. The van der Waals surface area contributed by atoms with Crippen molar-refractivity contribution in [3.8, 4) is 22.6 Å². The first-order valence-corrected chi connectivity index (χ1v) is 6.34. The summed E-state index contributed by atoms with van der Waals surface area (Å²) in [6.07, 6.45) is 0. The molecule has 0 saturated heterocycles. The number of benzene rings is 2. The summed E-state index contributed by atoms with van der Waals surface area (Å²) >= 11 is 0. The predicted molar refractivity (Wildman–Crippen MR) is 76.8 cm³/mol. The van der Waals surface area contributed by atoms with Crippen LogP contribution in [0, 0.1) is 13.8 Å². The topological polar surface area (TPSA) is 26.0 Å². The minimum atomic E-state index is 0.689. The van der Waals surface area contributed by atoms with Gasteiger partial charge in [0.25, 0.3) is 0 Å². The van der Waals surface area contributed by atoms with Gasteiger partial charge in [0, 0.05) is 5.56 Å². The Bertz CT molecular complexity index is 662. The van der Waals surface area contributed by atoms with Gasteiger partial charge in [-0.15, -0.1) is 0 Å². The van der Waals surface area contributed by atoms with Gasteiger partial charge in [0.05, 0.1) is 5.69 Å². The first-order chi connectivity index (χ1) is 9.24. The van der Waals surface area contributed by atoms with E-state index < -0.39 is 0 Å². The zero-order chi connectivity index (χ0) is 13.2. The molecule has 1 heterocycles. The van der Waals surface area contributed by atoms with E-state index in [1.54, 1.807) is 0 Å². The molecular formula is C17H15NO. The van der Waals surface area contributed by atoms with E-state index >= 15 is 0 Å². The van der Waals surface area contributed by atoms with Crippen LogP contribution in [0.2, 0.25) is 0 Å². The fourth-order valence-corrected chi connectivity index (χ4v) is 2.03. The lowest BCUT2D eigenvalue weighted by molar-refractivity contribution is 0.541. The highest BCUT2D eigenvalue weighted by Gasteiger charge is 2.08. The fourth-order valence-electron chi connectivity index (χ4n) is 2.03. The molecule has 3 rings (SSSR count). The van der Waals surface area contributed by atoms with Crippen molar-refractivity contribution in [2.24, 2.45) is 0 Å². The second kappa shape index (κ2) is 4.73. The highest BCUT2D eigenvalue weighted by Crippen LogP contribution is 2.25. The van der Waals surface area contributed by atoms with Crippen molar-refractivity contribution in [1.82, 2.24) is 4.98 Å². The van der Waals surface area contributed by atoms with Gasteiger partial charge < -0.3 is 4.42 Å². The van der Waals surface area contributed by atoms with E-state index in [9.17, 15) is 0 Å². The van der Waals surface area contributed by atoms with Crippen LogP contribution in [0.4, 0.5) is 0 Å². The van der Waals surface area contributed by atoms with Crippen LogP contribution in [0.3, 0.4) is 0 Å². The van der Waals surface area contributed by atoms with Crippen molar-refractivity contribution in [2.45, 2.75) is 13.8 Å². The van der Waals surface area contributed by atoms with Crippen molar-refractivity contribution < 1.29 is 4.42 Å². The largest absolute Gasteiger partial charge is 0.441 e. The van der Waals surface area contributed by atoms with E-state index in [-0.39, 0.29) is 0 Å². The maximum atomic E-state index is 5.63. The van der Waals surface area contributed by atoms with E-state index in [0.29, 0.717) is 5.89 Å². The molecule has 19 heavy (non-hydrogen) atoms. The monoisotopic (exact) mass is 249 g/mol. The van der Waals surface area contributed by atoms with Gasteiger partial charge in [-0.2, -0.15) is 0 Å². The Morgan fingerprint density at radius 2 is 1.32 bits per heavy atom. The smallest absolute Gasteiger partial charge is 0.226 e. The Labute approximate surface area is 112 Å². The van der Waals surface area contributed by atoms with Gasteiger partial charge in [0.15, 0.2) is 0 Å². The Kier molecular flexibility index (Phi) is 2.92. The molecule has 2 aromatic carbocycles. The summed E-state index contributed by atoms with van der Waals surface area (Å²) in [7, 11) is 0. The van der Waals surface area contributed by atoms with Crippen LogP contribution in [-0.2, 0) is 0 Å². The molecule has 1 aromatic heterocycles. The van der Waals surface area contributed by atoms with Crippen LogP contribution in [0.25, 0.3) is 22.6 Å². The lowest BCUT2D eigenvalue weighted by atomic mass is 10.0. The van der Waals surface area contributed by atoms with Crippen LogP contribution in [0.15, 0.2) is 59.0 Å². The van der Waals surface area contributed by atoms with Crippen molar-refractivity contribution in [1.29, 1.82) is 0 Å². The van der Waals surface area contributed by atoms with Crippen molar-refractivity contribution in [2.75, 3.05) is 0 Å². The zero-order valence-electron chi connectivity index (χ0n) is 11.1. The molecule has 0 saturated carbocycles. The van der Waals surface area contributed by atoms with E-state index in [0.717, 1.165) is 17.0 Å². The second-order valence-electron chi connectivity index (χ2n) is 4.60. The standard InChI is InChI=1S/C17H15NO/c1-12-13(2)19-17(18-12)16-10-8-15(9-11-16)14-6-4-3-5-7-14/h3-11H,1-2H3.